The van der Waals surface area contributed by atoms with Crippen LogP contribution in [-0.4, -0.2) is 70.9 Å². The van der Waals surface area contributed by atoms with E-state index < -0.39 is 5.82 Å². The quantitative estimate of drug-likeness (QED) is 0.650. The van der Waals surface area contributed by atoms with Crippen LogP contribution < -0.4 is 5.32 Å². The number of amides is 2. The van der Waals surface area contributed by atoms with E-state index in [1.807, 2.05) is 4.90 Å². The van der Waals surface area contributed by atoms with Crippen LogP contribution in [0.4, 0.5) is 4.39 Å². The molecule has 2 aromatic rings. The number of carbonyl (C=O) groups excluding carboxylic acids is 2. The molecule has 1 aromatic heterocycles. The maximum Gasteiger partial charge on any atom is 0.253 e. The molecule has 9 heteroatoms. The number of halogens is 1. The molecule has 1 aromatic carbocycles. The lowest BCUT2D eigenvalue weighted by atomic mass is 10.1. The molecular formula is C20H26FN5O2S. The molecule has 1 aliphatic carbocycles. The fraction of sp³-hybridized carbons (Fsp3) is 0.550. The van der Waals surface area contributed by atoms with E-state index in [9.17, 15) is 14.0 Å². The summed E-state index contributed by atoms with van der Waals surface area (Å²) in [4.78, 5) is 35.0. The number of rotatable bonds is 5. The highest BCUT2D eigenvalue weighted by atomic mass is 32.1. The maximum absolute atomic E-state index is 13.8. The van der Waals surface area contributed by atoms with E-state index in [4.69, 9.17) is 12.2 Å². The van der Waals surface area contributed by atoms with E-state index in [-0.39, 0.29) is 17.4 Å². The van der Waals surface area contributed by atoms with Crippen LogP contribution in [0.2, 0.25) is 0 Å². The molecule has 0 atom stereocenters. The van der Waals surface area contributed by atoms with E-state index in [1.165, 1.54) is 25.0 Å². The van der Waals surface area contributed by atoms with Crippen molar-refractivity contribution in [2.75, 3.05) is 39.3 Å². The minimum Gasteiger partial charge on any atom is -0.351 e. The third kappa shape index (κ3) is 4.51. The van der Waals surface area contributed by atoms with Gasteiger partial charge >= 0.3 is 0 Å². The van der Waals surface area contributed by atoms with Crippen molar-refractivity contribution in [2.45, 2.75) is 25.7 Å². The van der Waals surface area contributed by atoms with Crippen molar-refractivity contribution in [2.24, 2.45) is 5.92 Å². The molecule has 1 aliphatic heterocycles. The second-order valence-corrected chi connectivity index (χ2v) is 8.27. The summed E-state index contributed by atoms with van der Waals surface area (Å²) in [5.41, 5.74) is 1.22. The number of aromatic amines is 2. The molecule has 1 saturated carbocycles. The van der Waals surface area contributed by atoms with E-state index in [0.717, 1.165) is 39.0 Å². The average Bonchev–Trinajstić information content (AvgIpc) is 3.36. The van der Waals surface area contributed by atoms with Gasteiger partial charge in [0, 0.05) is 45.2 Å². The van der Waals surface area contributed by atoms with Gasteiger partial charge in [-0.1, -0.05) is 12.8 Å². The molecule has 0 radical (unpaired) electrons. The van der Waals surface area contributed by atoms with Crippen molar-refractivity contribution >= 4 is 35.1 Å². The van der Waals surface area contributed by atoms with Gasteiger partial charge in [0.1, 0.15) is 5.82 Å². The van der Waals surface area contributed by atoms with Crippen LogP contribution >= 0.6 is 12.2 Å². The molecule has 3 N–H and O–H groups in total. The zero-order valence-electron chi connectivity index (χ0n) is 16.3. The Balaban J connectivity index is 1.26. The molecule has 1 saturated heterocycles. The maximum atomic E-state index is 13.8. The van der Waals surface area contributed by atoms with Crippen molar-refractivity contribution in [3.05, 3.63) is 28.3 Å². The van der Waals surface area contributed by atoms with Crippen LogP contribution in [0.5, 0.6) is 0 Å². The predicted molar refractivity (Wildman–Crippen MR) is 111 cm³/mol. The highest BCUT2D eigenvalue weighted by Crippen LogP contribution is 2.26. The number of fused-ring (bicyclic) bond motifs is 1. The van der Waals surface area contributed by atoms with E-state index in [1.54, 1.807) is 0 Å². The largest absolute Gasteiger partial charge is 0.351 e. The monoisotopic (exact) mass is 419 g/mol. The summed E-state index contributed by atoms with van der Waals surface area (Å²) in [7, 11) is 0. The number of imidazole rings is 1. The van der Waals surface area contributed by atoms with Crippen LogP contribution in [0.25, 0.3) is 11.0 Å². The molecule has 7 nitrogen and oxygen atoms in total. The molecule has 0 spiro atoms. The number of hydrogen-bond donors (Lipinski definition) is 3. The van der Waals surface area contributed by atoms with Crippen molar-refractivity contribution in [1.82, 2.24) is 25.1 Å². The fourth-order valence-electron chi connectivity index (χ4n) is 4.33. The number of benzene rings is 1. The lowest BCUT2D eigenvalue weighted by Gasteiger charge is -2.36. The van der Waals surface area contributed by atoms with Gasteiger partial charge in [-0.05, 0) is 37.2 Å². The van der Waals surface area contributed by atoms with Crippen LogP contribution in [0.3, 0.4) is 0 Å². The molecule has 0 unspecified atom stereocenters. The van der Waals surface area contributed by atoms with E-state index >= 15 is 0 Å². The third-order valence-electron chi connectivity index (χ3n) is 5.94. The smallest absolute Gasteiger partial charge is 0.253 e. The first-order valence-corrected chi connectivity index (χ1v) is 10.6. The first kappa shape index (κ1) is 20.0. The molecule has 2 fully saturated rings. The molecule has 2 heterocycles. The zero-order valence-corrected chi connectivity index (χ0v) is 17.1. The summed E-state index contributed by atoms with van der Waals surface area (Å²) < 4.78 is 14.2. The predicted octanol–water partition coefficient (Wildman–Crippen LogP) is 2.43. The van der Waals surface area contributed by atoms with Crippen LogP contribution in [0.15, 0.2) is 12.1 Å². The minimum absolute atomic E-state index is 0.227. The summed E-state index contributed by atoms with van der Waals surface area (Å²) in [5, 5.41) is 2.86. The average molecular weight is 420 g/mol. The van der Waals surface area contributed by atoms with Crippen LogP contribution in [0.1, 0.15) is 36.0 Å². The van der Waals surface area contributed by atoms with Gasteiger partial charge in [-0.15, -0.1) is 0 Å². The molecular weight excluding hydrogens is 393 g/mol. The molecule has 0 bridgehead atoms. The lowest BCUT2D eigenvalue weighted by Crippen LogP contribution is -2.51. The van der Waals surface area contributed by atoms with Crippen molar-refractivity contribution in [3.8, 4) is 0 Å². The Morgan fingerprint density at radius 1 is 1.14 bits per heavy atom. The number of H-pyrrole nitrogens is 2. The first-order valence-electron chi connectivity index (χ1n) is 10.2. The Hall–Kier alpha value is -2.26. The Morgan fingerprint density at radius 2 is 1.86 bits per heavy atom. The summed E-state index contributed by atoms with van der Waals surface area (Å²) in [6.07, 6.45) is 4.40. The summed E-state index contributed by atoms with van der Waals surface area (Å²) in [6.45, 7) is 4.26. The number of nitrogens with one attached hydrogen (secondary N) is 3. The number of nitrogens with zero attached hydrogens (tertiary/aromatic N) is 2. The Bertz CT molecular complexity index is 957. The van der Waals surface area contributed by atoms with Gasteiger partial charge in [-0.25, -0.2) is 4.39 Å². The molecule has 156 valence electrons. The lowest BCUT2D eigenvalue weighted by molar-refractivity contribution is -0.137. The number of piperazine rings is 1. The highest BCUT2D eigenvalue weighted by Gasteiger charge is 2.29. The van der Waals surface area contributed by atoms with Crippen molar-refractivity contribution < 1.29 is 14.0 Å². The Labute approximate surface area is 173 Å². The topological polar surface area (TPSA) is 84.2 Å². The SMILES string of the molecule is O=C(NCCN1CCN(C(=O)C2CCCC2)CC1)c1cc(F)cc2[nH]c(=S)[nH]c12. The molecule has 2 aliphatic rings. The standard InChI is InChI=1S/C20H26FN5O2S/c21-14-11-15(17-16(12-14)23-20(29)24-17)18(27)22-5-6-25-7-9-26(10-8-25)19(28)13-3-1-2-4-13/h11-13H,1-10H2,(H,22,27)(H2,23,24,29). The first-order chi connectivity index (χ1) is 14.0. The molecule has 29 heavy (non-hydrogen) atoms. The second kappa shape index (κ2) is 8.62. The van der Waals surface area contributed by atoms with Gasteiger partial charge < -0.3 is 20.2 Å². The fourth-order valence-corrected chi connectivity index (χ4v) is 4.54. The van der Waals surface area contributed by atoms with Gasteiger partial charge in [0.25, 0.3) is 5.91 Å². The summed E-state index contributed by atoms with van der Waals surface area (Å²) in [6, 6.07) is 2.52. The van der Waals surface area contributed by atoms with Crippen LogP contribution in [0, 0.1) is 16.5 Å². The van der Waals surface area contributed by atoms with E-state index in [0.29, 0.717) is 34.8 Å². The second-order valence-electron chi connectivity index (χ2n) is 7.86. The van der Waals surface area contributed by atoms with Crippen molar-refractivity contribution in [3.63, 3.8) is 0 Å². The van der Waals surface area contributed by atoms with Gasteiger partial charge in [0.05, 0.1) is 16.6 Å². The normalized spacial score (nSPS) is 18.4. The van der Waals surface area contributed by atoms with E-state index in [2.05, 4.69) is 20.2 Å². The van der Waals surface area contributed by atoms with Crippen LogP contribution in [-0.2, 0) is 4.79 Å². The number of hydrogen-bond acceptors (Lipinski definition) is 4. The Kier molecular flexibility index (Phi) is 5.96. The zero-order chi connectivity index (χ0) is 20.4. The number of carbonyl (C=O) groups is 2. The minimum atomic E-state index is -0.490. The third-order valence-corrected chi connectivity index (χ3v) is 6.14. The summed E-state index contributed by atoms with van der Waals surface area (Å²) in [5.74, 6) is -0.287. The highest BCUT2D eigenvalue weighted by molar-refractivity contribution is 7.71. The Morgan fingerprint density at radius 3 is 2.59 bits per heavy atom. The number of aromatic nitrogens is 2. The van der Waals surface area contributed by atoms with Gasteiger partial charge in [0.2, 0.25) is 5.91 Å². The molecule has 4 rings (SSSR count). The van der Waals surface area contributed by atoms with Gasteiger partial charge in [-0.3, -0.25) is 14.5 Å². The van der Waals surface area contributed by atoms with Gasteiger partial charge in [-0.2, -0.15) is 0 Å². The van der Waals surface area contributed by atoms with Crippen molar-refractivity contribution in [1.29, 1.82) is 0 Å². The summed E-state index contributed by atoms with van der Waals surface area (Å²) >= 11 is 5.04. The molecule has 2 amide bonds. The van der Waals surface area contributed by atoms with Gasteiger partial charge in [0.15, 0.2) is 4.77 Å².